The first-order valence-corrected chi connectivity index (χ1v) is 4.12. The molecule has 62 valence electrons. The Kier molecular flexibility index (Phi) is 1.84. The van der Waals surface area contributed by atoms with E-state index < -0.39 is 0 Å². The van der Waals surface area contributed by atoms with Crippen molar-refractivity contribution in [2.24, 2.45) is 0 Å². The topological polar surface area (TPSA) is 49.0 Å². The van der Waals surface area contributed by atoms with E-state index in [2.05, 4.69) is 5.32 Å². The van der Waals surface area contributed by atoms with Crippen molar-refractivity contribution in [2.75, 3.05) is 6.54 Å². The molecule has 0 saturated carbocycles. The zero-order valence-corrected chi connectivity index (χ0v) is 6.71. The van der Waals surface area contributed by atoms with E-state index in [1.807, 2.05) is 12.1 Å². The molecule has 3 heteroatoms. The number of rotatable bonds is 1. The maximum absolute atomic E-state index is 8.70. The second-order valence-electron chi connectivity index (χ2n) is 2.97. The molecule has 0 unspecified atom stereocenters. The van der Waals surface area contributed by atoms with Gasteiger partial charge in [0.25, 0.3) is 0 Å². The molecule has 1 aromatic heterocycles. The number of hydrogen-bond donors (Lipinski definition) is 1. The van der Waals surface area contributed by atoms with Gasteiger partial charge in [0.2, 0.25) is 5.76 Å². The van der Waals surface area contributed by atoms with Crippen LogP contribution in [-0.2, 0) is 0 Å². The fourth-order valence-electron chi connectivity index (χ4n) is 1.63. The van der Waals surface area contributed by atoms with Gasteiger partial charge in [-0.25, -0.2) is 0 Å². The van der Waals surface area contributed by atoms with Crippen molar-refractivity contribution in [3.8, 4) is 6.07 Å². The molecule has 0 spiro atoms. The van der Waals surface area contributed by atoms with Gasteiger partial charge in [0.1, 0.15) is 6.07 Å². The third-order valence-corrected chi connectivity index (χ3v) is 2.23. The largest absolute Gasteiger partial charge is 0.454 e. The Morgan fingerprint density at radius 2 is 2.58 bits per heavy atom. The summed E-state index contributed by atoms with van der Waals surface area (Å²) < 4.78 is 5.03. The molecular formula is C9H10N2O. The normalized spacial score (nSPS) is 22.4. The van der Waals surface area contributed by atoms with Gasteiger partial charge in [0.15, 0.2) is 0 Å². The van der Waals surface area contributed by atoms with Gasteiger partial charge in [-0.15, -0.1) is 0 Å². The van der Waals surface area contributed by atoms with Crippen LogP contribution in [0.3, 0.4) is 0 Å². The van der Waals surface area contributed by atoms with Crippen LogP contribution in [0, 0.1) is 11.3 Å². The van der Waals surface area contributed by atoms with Crippen molar-refractivity contribution in [2.45, 2.75) is 18.9 Å². The van der Waals surface area contributed by atoms with Crippen LogP contribution in [0.25, 0.3) is 0 Å². The fraction of sp³-hybridized carbons (Fsp3) is 0.444. The number of nitriles is 1. The van der Waals surface area contributed by atoms with Crippen LogP contribution in [0.15, 0.2) is 16.7 Å². The standard InChI is InChI=1S/C9H10N2O/c10-6-9-7(3-5-12-9)8-2-1-4-11-8/h3,5,8,11H,1-2,4H2/t8-/m0/s1. The lowest BCUT2D eigenvalue weighted by molar-refractivity contribution is 0.538. The number of hydrogen-bond acceptors (Lipinski definition) is 3. The van der Waals surface area contributed by atoms with E-state index in [9.17, 15) is 0 Å². The van der Waals surface area contributed by atoms with Gasteiger partial charge in [-0.05, 0) is 25.5 Å². The Balaban J connectivity index is 2.27. The maximum Gasteiger partial charge on any atom is 0.207 e. The van der Waals surface area contributed by atoms with E-state index in [1.165, 1.54) is 6.42 Å². The van der Waals surface area contributed by atoms with Crippen molar-refractivity contribution in [3.63, 3.8) is 0 Å². The molecule has 2 rings (SSSR count). The van der Waals surface area contributed by atoms with Crippen molar-refractivity contribution < 1.29 is 4.42 Å². The van der Waals surface area contributed by atoms with E-state index in [0.29, 0.717) is 11.8 Å². The van der Waals surface area contributed by atoms with Gasteiger partial charge in [-0.2, -0.15) is 5.26 Å². The van der Waals surface area contributed by atoms with Crippen molar-refractivity contribution in [1.29, 1.82) is 5.26 Å². The Bertz CT molecular complexity index is 305. The smallest absolute Gasteiger partial charge is 0.207 e. The zero-order chi connectivity index (χ0) is 8.39. The summed E-state index contributed by atoms with van der Waals surface area (Å²) in [6, 6.07) is 4.25. The van der Waals surface area contributed by atoms with Crippen LogP contribution >= 0.6 is 0 Å². The van der Waals surface area contributed by atoms with Gasteiger partial charge < -0.3 is 9.73 Å². The lowest BCUT2D eigenvalue weighted by Crippen LogP contribution is -2.12. The Morgan fingerprint density at radius 3 is 3.25 bits per heavy atom. The highest BCUT2D eigenvalue weighted by Gasteiger charge is 2.20. The number of nitrogens with one attached hydrogen (secondary N) is 1. The van der Waals surface area contributed by atoms with E-state index in [4.69, 9.17) is 9.68 Å². The minimum absolute atomic E-state index is 0.332. The maximum atomic E-state index is 8.70. The minimum atomic E-state index is 0.332. The summed E-state index contributed by atoms with van der Waals surface area (Å²) in [6.07, 6.45) is 3.86. The number of furan rings is 1. The highest BCUT2D eigenvalue weighted by atomic mass is 16.3. The second kappa shape index (κ2) is 3.00. The molecule has 12 heavy (non-hydrogen) atoms. The fourth-order valence-corrected chi connectivity index (χ4v) is 1.63. The first kappa shape index (κ1) is 7.38. The van der Waals surface area contributed by atoms with E-state index in [0.717, 1.165) is 18.5 Å². The molecule has 1 atom stereocenters. The molecule has 0 bridgehead atoms. The predicted molar refractivity (Wildman–Crippen MR) is 43.4 cm³/mol. The summed E-state index contributed by atoms with van der Waals surface area (Å²) in [5, 5.41) is 12.0. The molecule has 1 aromatic rings. The van der Waals surface area contributed by atoms with E-state index in [-0.39, 0.29) is 0 Å². The monoisotopic (exact) mass is 162 g/mol. The summed E-state index contributed by atoms with van der Waals surface area (Å²) in [5.74, 6) is 0.453. The van der Waals surface area contributed by atoms with Crippen LogP contribution in [-0.4, -0.2) is 6.54 Å². The van der Waals surface area contributed by atoms with E-state index in [1.54, 1.807) is 6.26 Å². The molecule has 1 fully saturated rings. The summed E-state index contributed by atoms with van der Waals surface area (Å²) in [7, 11) is 0. The highest BCUT2D eigenvalue weighted by Crippen LogP contribution is 2.26. The summed E-state index contributed by atoms with van der Waals surface area (Å²) in [5.41, 5.74) is 1.01. The van der Waals surface area contributed by atoms with E-state index >= 15 is 0 Å². The summed E-state index contributed by atoms with van der Waals surface area (Å²) in [6.45, 7) is 1.04. The Morgan fingerprint density at radius 1 is 1.67 bits per heavy atom. The molecule has 1 aliphatic rings. The quantitative estimate of drug-likeness (QED) is 0.682. The summed E-state index contributed by atoms with van der Waals surface area (Å²) >= 11 is 0. The van der Waals surface area contributed by atoms with Gasteiger partial charge in [0, 0.05) is 11.6 Å². The first-order chi connectivity index (χ1) is 5.92. The average molecular weight is 162 g/mol. The second-order valence-corrected chi connectivity index (χ2v) is 2.97. The van der Waals surface area contributed by atoms with Crippen LogP contribution in [0.2, 0.25) is 0 Å². The molecular weight excluding hydrogens is 152 g/mol. The zero-order valence-electron chi connectivity index (χ0n) is 6.71. The molecule has 1 saturated heterocycles. The third-order valence-electron chi connectivity index (χ3n) is 2.23. The van der Waals surface area contributed by atoms with Gasteiger partial charge in [-0.3, -0.25) is 0 Å². The molecule has 0 aromatic carbocycles. The van der Waals surface area contributed by atoms with Crippen LogP contribution in [0.4, 0.5) is 0 Å². The lowest BCUT2D eigenvalue weighted by Gasteiger charge is -2.06. The minimum Gasteiger partial charge on any atom is -0.454 e. The predicted octanol–water partition coefficient (Wildman–Crippen LogP) is 1.58. The molecule has 1 aliphatic heterocycles. The number of nitrogens with zero attached hydrogens (tertiary/aromatic N) is 1. The van der Waals surface area contributed by atoms with Crippen LogP contribution in [0.5, 0.6) is 0 Å². The molecule has 0 amide bonds. The Labute approximate surface area is 71.0 Å². The molecule has 1 N–H and O–H groups in total. The first-order valence-electron chi connectivity index (χ1n) is 4.12. The Hall–Kier alpha value is -1.27. The van der Waals surface area contributed by atoms with Crippen molar-refractivity contribution >= 4 is 0 Å². The lowest BCUT2D eigenvalue weighted by atomic mass is 10.1. The molecule has 3 nitrogen and oxygen atoms in total. The van der Waals surface area contributed by atoms with Gasteiger partial charge in [-0.1, -0.05) is 0 Å². The average Bonchev–Trinajstić information content (AvgIpc) is 2.74. The van der Waals surface area contributed by atoms with Crippen LogP contribution in [0.1, 0.15) is 30.2 Å². The van der Waals surface area contributed by atoms with Crippen LogP contribution < -0.4 is 5.32 Å². The molecule has 2 heterocycles. The third kappa shape index (κ3) is 1.10. The van der Waals surface area contributed by atoms with Crippen molar-refractivity contribution in [3.05, 3.63) is 23.7 Å². The van der Waals surface area contributed by atoms with Gasteiger partial charge >= 0.3 is 0 Å². The molecule has 0 radical (unpaired) electrons. The highest BCUT2D eigenvalue weighted by molar-refractivity contribution is 5.31. The molecule has 0 aliphatic carbocycles. The van der Waals surface area contributed by atoms with Crippen molar-refractivity contribution in [1.82, 2.24) is 5.32 Å². The summed E-state index contributed by atoms with van der Waals surface area (Å²) in [4.78, 5) is 0. The van der Waals surface area contributed by atoms with Gasteiger partial charge in [0.05, 0.1) is 6.26 Å². The SMILES string of the molecule is N#Cc1occc1[C@@H]1CCCN1.